The molecule has 0 bridgehead atoms. The van der Waals surface area contributed by atoms with Gasteiger partial charge in [-0.05, 0) is 57.7 Å². The summed E-state index contributed by atoms with van der Waals surface area (Å²) in [5, 5.41) is 13.0. The monoisotopic (exact) mass is 555 g/mol. The van der Waals surface area contributed by atoms with Gasteiger partial charge in [0.15, 0.2) is 6.04 Å². The maximum absolute atomic E-state index is 13.3. The van der Waals surface area contributed by atoms with E-state index < -0.39 is 23.7 Å². The quantitative estimate of drug-likeness (QED) is 0.192. The van der Waals surface area contributed by atoms with E-state index in [0.717, 1.165) is 17.7 Å². The van der Waals surface area contributed by atoms with Crippen LogP contribution in [0.1, 0.15) is 83.4 Å². The molecule has 10 heteroatoms. The van der Waals surface area contributed by atoms with Crippen molar-refractivity contribution in [3.8, 4) is 0 Å². The molecular formula is C30H41N3O7. The number of hydrogen-bond acceptors (Lipinski definition) is 6. The second-order valence-electron chi connectivity index (χ2n) is 10.3. The van der Waals surface area contributed by atoms with Crippen molar-refractivity contribution in [1.29, 1.82) is 0 Å². The lowest BCUT2D eigenvalue weighted by Crippen LogP contribution is -2.42. The molecule has 0 fully saturated rings. The van der Waals surface area contributed by atoms with Gasteiger partial charge in [-0.1, -0.05) is 61.4 Å². The normalized spacial score (nSPS) is 11.8. The average Bonchev–Trinajstić information content (AvgIpc) is 2.89. The molecule has 0 spiro atoms. The SMILES string of the molecule is CCONC(=O)CCCCCCC(=O)Nc1ccccc1CN(C(=O)OC(C)(C)C)[C@H](C(=O)O)c1ccccc1. The van der Waals surface area contributed by atoms with Crippen molar-refractivity contribution in [1.82, 2.24) is 10.4 Å². The Kier molecular flexibility index (Phi) is 13.1. The minimum Gasteiger partial charge on any atom is -0.479 e. The molecule has 0 unspecified atom stereocenters. The summed E-state index contributed by atoms with van der Waals surface area (Å²) in [6, 6.07) is 14.2. The Balaban J connectivity index is 2.08. The Hall–Kier alpha value is -3.92. The van der Waals surface area contributed by atoms with Gasteiger partial charge >= 0.3 is 12.1 Å². The predicted molar refractivity (Wildman–Crippen MR) is 151 cm³/mol. The maximum Gasteiger partial charge on any atom is 0.411 e. The van der Waals surface area contributed by atoms with Crippen LogP contribution >= 0.6 is 0 Å². The third-order valence-electron chi connectivity index (χ3n) is 5.81. The van der Waals surface area contributed by atoms with E-state index in [9.17, 15) is 24.3 Å². The Bertz CT molecular complexity index is 1120. The number of carboxylic acid groups (broad SMARTS) is 1. The molecule has 0 radical (unpaired) electrons. The molecule has 1 atom stereocenters. The number of amides is 3. The molecule has 0 aromatic heterocycles. The summed E-state index contributed by atoms with van der Waals surface area (Å²) in [6.45, 7) is 7.25. The van der Waals surface area contributed by atoms with Crippen molar-refractivity contribution in [2.24, 2.45) is 0 Å². The number of nitrogens with zero attached hydrogens (tertiary/aromatic N) is 1. The van der Waals surface area contributed by atoms with Crippen LogP contribution in [0.15, 0.2) is 54.6 Å². The lowest BCUT2D eigenvalue weighted by molar-refractivity contribution is -0.143. The van der Waals surface area contributed by atoms with Gasteiger partial charge in [0.2, 0.25) is 11.8 Å². The Morgan fingerprint density at radius 1 is 0.875 bits per heavy atom. The number of unbranched alkanes of at least 4 members (excludes halogenated alkanes) is 3. The molecule has 2 aromatic rings. The number of carbonyl (C=O) groups is 4. The summed E-state index contributed by atoms with van der Waals surface area (Å²) >= 11 is 0. The molecular weight excluding hydrogens is 514 g/mol. The average molecular weight is 556 g/mol. The second-order valence-corrected chi connectivity index (χ2v) is 10.3. The predicted octanol–water partition coefficient (Wildman–Crippen LogP) is 5.60. The number of carbonyl (C=O) groups excluding carboxylic acids is 3. The summed E-state index contributed by atoms with van der Waals surface area (Å²) < 4.78 is 5.57. The van der Waals surface area contributed by atoms with Crippen molar-refractivity contribution in [2.45, 2.75) is 84.4 Å². The van der Waals surface area contributed by atoms with E-state index in [-0.39, 0.29) is 24.8 Å². The number of rotatable bonds is 15. The lowest BCUT2D eigenvalue weighted by Gasteiger charge is -2.32. The van der Waals surface area contributed by atoms with Crippen LogP contribution in [-0.2, 0) is 30.5 Å². The van der Waals surface area contributed by atoms with Crippen LogP contribution in [0.2, 0.25) is 0 Å². The Morgan fingerprint density at radius 2 is 1.48 bits per heavy atom. The maximum atomic E-state index is 13.3. The van der Waals surface area contributed by atoms with Crippen molar-refractivity contribution in [3.63, 3.8) is 0 Å². The molecule has 3 amide bonds. The topological polar surface area (TPSA) is 134 Å². The van der Waals surface area contributed by atoms with Gasteiger partial charge in [-0.3, -0.25) is 19.3 Å². The van der Waals surface area contributed by atoms with Crippen LogP contribution in [0.5, 0.6) is 0 Å². The van der Waals surface area contributed by atoms with Crippen molar-refractivity contribution >= 4 is 29.6 Å². The zero-order valence-corrected chi connectivity index (χ0v) is 23.8. The van der Waals surface area contributed by atoms with Crippen LogP contribution in [0.3, 0.4) is 0 Å². The fourth-order valence-corrected chi connectivity index (χ4v) is 3.98. The second kappa shape index (κ2) is 16.2. The van der Waals surface area contributed by atoms with Crippen LogP contribution < -0.4 is 10.8 Å². The fourth-order valence-electron chi connectivity index (χ4n) is 3.98. The van der Waals surface area contributed by atoms with Crippen LogP contribution in [-0.4, -0.2) is 46.1 Å². The van der Waals surface area contributed by atoms with Crippen LogP contribution in [0.4, 0.5) is 10.5 Å². The van der Waals surface area contributed by atoms with Gasteiger partial charge in [0.1, 0.15) is 5.60 Å². The molecule has 2 rings (SSSR count). The van der Waals surface area contributed by atoms with Gasteiger partial charge < -0.3 is 15.2 Å². The first kappa shape index (κ1) is 32.3. The van der Waals surface area contributed by atoms with Crippen molar-refractivity contribution in [2.75, 3.05) is 11.9 Å². The highest BCUT2D eigenvalue weighted by Gasteiger charge is 2.34. The molecule has 3 N–H and O–H groups in total. The minimum atomic E-state index is -1.30. The van der Waals surface area contributed by atoms with E-state index in [4.69, 9.17) is 9.57 Å². The Morgan fingerprint density at radius 3 is 2.08 bits per heavy atom. The molecule has 218 valence electrons. The van der Waals surface area contributed by atoms with Crippen LogP contribution in [0.25, 0.3) is 0 Å². The number of anilines is 1. The number of hydroxylamine groups is 1. The standard InChI is InChI=1S/C30H41N3O7/c1-5-39-32-26(35)20-12-7-6-11-19-25(34)31-24-18-14-13-17-23(24)21-33(29(38)40-30(2,3)4)27(28(36)37)22-15-9-8-10-16-22/h8-10,13-18,27H,5-7,11-12,19-21H2,1-4H3,(H,31,34)(H,32,35)(H,36,37)/t27-/m0/s1. The van der Waals surface area contributed by atoms with E-state index in [0.29, 0.717) is 42.7 Å². The molecule has 10 nitrogen and oxygen atoms in total. The van der Waals surface area contributed by atoms with E-state index >= 15 is 0 Å². The van der Waals surface area contributed by atoms with Gasteiger partial charge in [0.05, 0.1) is 13.2 Å². The first-order valence-electron chi connectivity index (χ1n) is 13.6. The molecule has 2 aromatic carbocycles. The zero-order valence-electron chi connectivity index (χ0n) is 23.8. The largest absolute Gasteiger partial charge is 0.479 e. The molecule has 0 aliphatic carbocycles. The van der Waals surface area contributed by atoms with Gasteiger partial charge in [0.25, 0.3) is 0 Å². The van der Waals surface area contributed by atoms with E-state index in [1.807, 2.05) is 0 Å². The highest BCUT2D eigenvalue weighted by atomic mass is 16.6. The smallest absolute Gasteiger partial charge is 0.411 e. The highest BCUT2D eigenvalue weighted by molar-refractivity contribution is 5.91. The third-order valence-corrected chi connectivity index (χ3v) is 5.81. The lowest BCUT2D eigenvalue weighted by atomic mass is 10.0. The number of aliphatic carboxylic acids is 1. The summed E-state index contributed by atoms with van der Waals surface area (Å²) in [4.78, 5) is 55.9. The summed E-state index contributed by atoms with van der Waals surface area (Å²) in [7, 11) is 0. The third kappa shape index (κ3) is 11.4. The fraction of sp³-hybridized carbons (Fsp3) is 0.467. The number of nitrogens with one attached hydrogen (secondary N) is 2. The molecule has 0 heterocycles. The van der Waals surface area contributed by atoms with Crippen molar-refractivity contribution < 1.29 is 33.9 Å². The molecule has 0 saturated heterocycles. The molecule has 0 aliphatic heterocycles. The number of carboxylic acids is 1. The van der Waals surface area contributed by atoms with Crippen LogP contribution in [0, 0.1) is 0 Å². The van der Waals surface area contributed by atoms with E-state index in [1.54, 1.807) is 82.3 Å². The first-order chi connectivity index (χ1) is 19.0. The van der Waals surface area contributed by atoms with E-state index in [1.165, 1.54) is 0 Å². The summed E-state index contributed by atoms with van der Waals surface area (Å²) in [5.74, 6) is -1.55. The molecule has 40 heavy (non-hydrogen) atoms. The zero-order chi connectivity index (χ0) is 29.5. The van der Waals surface area contributed by atoms with Crippen molar-refractivity contribution in [3.05, 3.63) is 65.7 Å². The minimum absolute atomic E-state index is 0.0962. The molecule has 0 aliphatic rings. The van der Waals surface area contributed by atoms with Gasteiger partial charge in [-0.2, -0.15) is 0 Å². The van der Waals surface area contributed by atoms with Gasteiger partial charge in [-0.15, -0.1) is 0 Å². The molecule has 0 saturated carbocycles. The van der Waals surface area contributed by atoms with Gasteiger partial charge in [-0.25, -0.2) is 15.1 Å². The Labute approximate surface area is 236 Å². The number of benzene rings is 2. The van der Waals surface area contributed by atoms with Gasteiger partial charge in [0, 0.05) is 18.5 Å². The number of ether oxygens (including phenoxy) is 1. The van der Waals surface area contributed by atoms with E-state index in [2.05, 4.69) is 10.8 Å². The number of hydrogen-bond donors (Lipinski definition) is 3. The summed E-state index contributed by atoms with van der Waals surface area (Å²) in [5.41, 5.74) is 3.02. The summed E-state index contributed by atoms with van der Waals surface area (Å²) in [6.07, 6.45) is 2.84. The highest BCUT2D eigenvalue weighted by Crippen LogP contribution is 2.28. The number of para-hydroxylation sites is 1. The first-order valence-corrected chi connectivity index (χ1v) is 13.6.